The zero-order valence-corrected chi connectivity index (χ0v) is 14.8. The van der Waals surface area contributed by atoms with Crippen LogP contribution >= 0.6 is 23.1 Å². The molecule has 2 rings (SSSR count). The number of anilines is 1. The Balaban J connectivity index is 2.45. The molecule has 24 heavy (non-hydrogen) atoms. The summed E-state index contributed by atoms with van der Waals surface area (Å²) in [6.45, 7) is 3.76. The lowest BCUT2D eigenvalue weighted by molar-refractivity contribution is -0.410. The van der Waals surface area contributed by atoms with Crippen molar-refractivity contribution >= 4 is 34.8 Å². The van der Waals surface area contributed by atoms with Crippen LogP contribution in [0.4, 0.5) is 5.82 Å². The molecule has 0 aromatic carbocycles. The highest BCUT2D eigenvalue weighted by molar-refractivity contribution is 7.99. The van der Waals surface area contributed by atoms with Crippen LogP contribution in [0.5, 0.6) is 0 Å². The van der Waals surface area contributed by atoms with Crippen molar-refractivity contribution in [3.63, 3.8) is 0 Å². The van der Waals surface area contributed by atoms with E-state index >= 15 is 0 Å². The van der Waals surface area contributed by atoms with Gasteiger partial charge in [0.1, 0.15) is 17.7 Å². The highest BCUT2D eigenvalue weighted by Gasteiger charge is 2.24. The average molecular weight is 358 g/mol. The number of hydrogen-bond donors (Lipinski definition) is 2. The number of carbonyl (C=O) groups excluding carboxylic acids is 1. The molecule has 0 bridgehead atoms. The summed E-state index contributed by atoms with van der Waals surface area (Å²) in [5.74, 6) is 0.207. The number of thiophene rings is 1. The zero-order chi connectivity index (χ0) is 17.7. The largest absolute Gasteiger partial charge is 0.353 e. The Bertz CT molecular complexity index is 832. The second-order valence-electron chi connectivity index (χ2n) is 5.20. The third-order valence-electron chi connectivity index (χ3n) is 3.03. The first-order chi connectivity index (χ1) is 11.5. The quantitative estimate of drug-likeness (QED) is 0.794. The minimum atomic E-state index is -0.132. The molecule has 0 aliphatic carbocycles. The Morgan fingerprint density at radius 2 is 2.12 bits per heavy atom. The van der Waals surface area contributed by atoms with Gasteiger partial charge in [0.2, 0.25) is 5.91 Å². The predicted octanol–water partition coefficient (Wildman–Crippen LogP) is 2.17. The van der Waals surface area contributed by atoms with Crippen LogP contribution in [-0.2, 0) is 4.79 Å². The van der Waals surface area contributed by atoms with Gasteiger partial charge >= 0.3 is 0 Å². The molecule has 0 atom stereocenters. The van der Waals surface area contributed by atoms with Gasteiger partial charge in [-0.05, 0) is 25.3 Å². The summed E-state index contributed by atoms with van der Waals surface area (Å²) in [5.41, 5.74) is 7.03. The number of aromatic nitrogens is 1. The number of rotatable bonds is 5. The first-order valence-corrected chi connectivity index (χ1v) is 8.99. The van der Waals surface area contributed by atoms with E-state index in [9.17, 15) is 15.3 Å². The molecule has 0 unspecified atom stereocenters. The van der Waals surface area contributed by atoms with E-state index in [1.54, 1.807) is 0 Å². The van der Waals surface area contributed by atoms with Crippen LogP contribution in [-0.4, -0.2) is 17.7 Å². The highest BCUT2D eigenvalue weighted by Crippen LogP contribution is 2.35. The molecular formula is C16H16N5OS2+. The molecule has 6 nitrogen and oxygen atoms in total. The second-order valence-corrected chi connectivity index (χ2v) is 7.14. The fraction of sp³-hybridized carbons (Fsp3) is 0.250. The molecule has 2 heterocycles. The van der Waals surface area contributed by atoms with Crippen molar-refractivity contribution < 1.29 is 9.78 Å². The lowest BCUT2D eigenvalue weighted by atomic mass is 10.0. The Morgan fingerprint density at radius 3 is 2.67 bits per heavy atom. The van der Waals surface area contributed by atoms with Crippen LogP contribution in [0.25, 0.3) is 10.4 Å². The predicted molar refractivity (Wildman–Crippen MR) is 94.2 cm³/mol. The normalized spacial score (nSPS) is 10.2. The number of amides is 1. The molecule has 0 spiro atoms. The maximum Gasteiger partial charge on any atom is 0.289 e. The van der Waals surface area contributed by atoms with Crippen LogP contribution < -0.4 is 16.0 Å². The SMILES string of the molecule is CC(C)NC(=O)CSc1[nH+]c(N)c(C#N)c(-c2cccs2)c1C#N. The van der Waals surface area contributed by atoms with Crippen molar-refractivity contribution in [1.29, 1.82) is 10.5 Å². The van der Waals surface area contributed by atoms with Gasteiger partial charge < -0.3 is 5.32 Å². The number of nitriles is 2. The van der Waals surface area contributed by atoms with E-state index in [1.807, 2.05) is 31.4 Å². The number of pyridine rings is 1. The Hall–Kier alpha value is -2.55. The van der Waals surface area contributed by atoms with Crippen molar-refractivity contribution in [2.45, 2.75) is 24.9 Å². The van der Waals surface area contributed by atoms with Crippen LogP contribution in [0.1, 0.15) is 25.0 Å². The van der Waals surface area contributed by atoms with E-state index in [4.69, 9.17) is 5.73 Å². The highest BCUT2D eigenvalue weighted by atomic mass is 32.2. The monoisotopic (exact) mass is 358 g/mol. The first-order valence-electron chi connectivity index (χ1n) is 7.12. The summed E-state index contributed by atoms with van der Waals surface area (Å²) in [6, 6.07) is 7.92. The summed E-state index contributed by atoms with van der Waals surface area (Å²) < 4.78 is 0. The number of nitrogens with two attached hydrogens (primary N) is 1. The number of nitrogens with zero attached hydrogens (tertiary/aromatic N) is 2. The topological polar surface area (TPSA) is 117 Å². The van der Waals surface area contributed by atoms with Crippen LogP contribution in [0.15, 0.2) is 22.5 Å². The molecule has 0 fully saturated rings. The van der Waals surface area contributed by atoms with Gasteiger partial charge in [-0.15, -0.1) is 11.3 Å². The fourth-order valence-electron chi connectivity index (χ4n) is 2.12. The molecule has 0 saturated heterocycles. The van der Waals surface area contributed by atoms with Crippen molar-refractivity contribution in [3.05, 3.63) is 28.6 Å². The lowest BCUT2D eigenvalue weighted by Gasteiger charge is -2.10. The minimum Gasteiger partial charge on any atom is -0.353 e. The first kappa shape index (κ1) is 17.8. The molecule has 1 amide bonds. The Morgan fingerprint density at radius 1 is 1.42 bits per heavy atom. The molecule has 2 aromatic heterocycles. The number of thioether (sulfide) groups is 1. The maximum atomic E-state index is 11.8. The third-order valence-corrected chi connectivity index (χ3v) is 4.92. The number of aromatic amines is 1. The number of nitrogens with one attached hydrogen (secondary N) is 2. The molecular weight excluding hydrogens is 342 g/mol. The van der Waals surface area contributed by atoms with Crippen molar-refractivity contribution in [2.24, 2.45) is 0 Å². The second kappa shape index (κ2) is 7.82. The Labute approximate surface area is 148 Å². The van der Waals surface area contributed by atoms with Crippen molar-refractivity contribution in [1.82, 2.24) is 5.32 Å². The van der Waals surface area contributed by atoms with E-state index in [1.165, 1.54) is 23.1 Å². The van der Waals surface area contributed by atoms with Crippen LogP contribution in [0, 0.1) is 22.7 Å². The molecule has 0 radical (unpaired) electrons. The van der Waals surface area contributed by atoms with E-state index < -0.39 is 0 Å². The molecule has 4 N–H and O–H groups in total. The number of hydrogen-bond acceptors (Lipinski definition) is 6. The molecule has 0 saturated carbocycles. The standard InChI is InChI=1S/C16H15N5OS2/c1-9(2)20-13(22)8-24-16-11(7-18)14(12-4-3-5-23-12)10(6-17)15(19)21-16/h3-5,9H,8H2,1-2H3,(H2,19,21)(H,20,22)/p+1. The number of nitrogen functional groups attached to an aromatic ring is 1. The van der Waals surface area contributed by atoms with Gasteiger partial charge in [-0.2, -0.15) is 10.5 Å². The Kier molecular flexibility index (Phi) is 5.80. The average Bonchev–Trinajstić information content (AvgIpc) is 3.05. The zero-order valence-electron chi connectivity index (χ0n) is 13.2. The van der Waals surface area contributed by atoms with E-state index in [-0.39, 0.29) is 29.1 Å². The van der Waals surface area contributed by atoms with Gasteiger partial charge in [0.05, 0.1) is 5.75 Å². The van der Waals surface area contributed by atoms with E-state index in [0.717, 1.165) is 4.88 Å². The van der Waals surface area contributed by atoms with Gasteiger partial charge in [-0.1, -0.05) is 17.8 Å². The summed E-state index contributed by atoms with van der Waals surface area (Å²) in [4.78, 5) is 15.5. The molecule has 122 valence electrons. The van der Waals surface area contributed by atoms with Crippen LogP contribution in [0.2, 0.25) is 0 Å². The molecule has 2 aromatic rings. The maximum absolute atomic E-state index is 11.8. The summed E-state index contributed by atoms with van der Waals surface area (Å²) in [7, 11) is 0. The molecule has 8 heteroatoms. The van der Waals surface area contributed by atoms with Gasteiger partial charge in [-0.3, -0.25) is 10.5 Å². The van der Waals surface area contributed by atoms with E-state index in [2.05, 4.69) is 22.4 Å². The van der Waals surface area contributed by atoms with Gasteiger partial charge in [-0.25, -0.2) is 4.98 Å². The smallest absolute Gasteiger partial charge is 0.289 e. The van der Waals surface area contributed by atoms with Gasteiger partial charge in [0, 0.05) is 16.5 Å². The lowest BCUT2D eigenvalue weighted by Crippen LogP contribution is -2.32. The minimum absolute atomic E-state index is 0.0465. The summed E-state index contributed by atoms with van der Waals surface area (Å²) in [5, 5.41) is 24.1. The fourth-order valence-corrected chi connectivity index (χ4v) is 3.74. The number of H-pyrrole nitrogens is 1. The van der Waals surface area contributed by atoms with Crippen LogP contribution in [0.3, 0.4) is 0 Å². The van der Waals surface area contributed by atoms with Crippen molar-refractivity contribution in [3.8, 4) is 22.6 Å². The molecule has 0 aliphatic heterocycles. The molecule has 0 aliphatic rings. The van der Waals surface area contributed by atoms with Crippen molar-refractivity contribution in [2.75, 3.05) is 11.5 Å². The van der Waals surface area contributed by atoms with Gasteiger partial charge in [0.25, 0.3) is 5.82 Å². The third kappa shape index (κ3) is 3.85. The van der Waals surface area contributed by atoms with E-state index in [0.29, 0.717) is 16.2 Å². The number of carbonyl (C=O) groups is 1. The summed E-state index contributed by atoms with van der Waals surface area (Å²) in [6.07, 6.45) is 0. The summed E-state index contributed by atoms with van der Waals surface area (Å²) >= 11 is 2.62. The van der Waals surface area contributed by atoms with Gasteiger partial charge in [0.15, 0.2) is 10.6 Å².